The lowest BCUT2D eigenvalue weighted by Crippen LogP contribution is -2.36. The van der Waals surface area contributed by atoms with Crippen molar-refractivity contribution in [3.63, 3.8) is 0 Å². The average Bonchev–Trinajstić information content (AvgIpc) is 2.59. The first kappa shape index (κ1) is 16.8. The van der Waals surface area contributed by atoms with Crippen LogP contribution in [0.1, 0.15) is 19.9 Å². The minimum atomic E-state index is -0.727. The zero-order valence-electron chi connectivity index (χ0n) is 13.9. The highest BCUT2D eigenvalue weighted by Gasteiger charge is 2.26. The van der Waals surface area contributed by atoms with Crippen LogP contribution in [-0.2, 0) is 4.79 Å². The van der Waals surface area contributed by atoms with Crippen molar-refractivity contribution >= 4 is 22.5 Å². The van der Waals surface area contributed by atoms with E-state index in [9.17, 15) is 14.0 Å². The van der Waals surface area contributed by atoms with E-state index in [4.69, 9.17) is 0 Å². The van der Waals surface area contributed by atoms with Crippen molar-refractivity contribution in [2.45, 2.75) is 19.9 Å². The number of nitrogens with zero attached hydrogens (tertiary/aromatic N) is 2. The molecule has 3 aromatic rings. The van der Waals surface area contributed by atoms with Crippen LogP contribution in [0.15, 0.2) is 59.7 Å². The number of anilines is 1. The second-order valence-corrected chi connectivity index (χ2v) is 6.16. The summed E-state index contributed by atoms with van der Waals surface area (Å²) in [5, 5.41) is 3.19. The second-order valence-electron chi connectivity index (χ2n) is 6.16. The molecule has 0 radical (unpaired) electrons. The van der Waals surface area contributed by atoms with Crippen molar-refractivity contribution < 1.29 is 9.18 Å². The smallest absolute Gasteiger partial charge is 0.261 e. The summed E-state index contributed by atoms with van der Waals surface area (Å²) >= 11 is 0. The van der Waals surface area contributed by atoms with Crippen LogP contribution in [0.25, 0.3) is 10.9 Å². The van der Waals surface area contributed by atoms with E-state index < -0.39 is 6.04 Å². The van der Waals surface area contributed by atoms with Gasteiger partial charge in [-0.3, -0.25) is 14.2 Å². The van der Waals surface area contributed by atoms with Crippen LogP contribution in [0.5, 0.6) is 0 Å². The fourth-order valence-corrected chi connectivity index (χ4v) is 2.78. The van der Waals surface area contributed by atoms with E-state index in [-0.39, 0.29) is 23.2 Å². The average molecular weight is 339 g/mol. The topological polar surface area (TPSA) is 64.0 Å². The Morgan fingerprint density at radius 2 is 1.80 bits per heavy atom. The molecule has 0 saturated heterocycles. The molecule has 6 heteroatoms. The van der Waals surface area contributed by atoms with E-state index in [1.807, 2.05) is 13.8 Å². The van der Waals surface area contributed by atoms with Crippen LogP contribution in [0, 0.1) is 11.7 Å². The van der Waals surface area contributed by atoms with Crippen LogP contribution in [0.2, 0.25) is 0 Å². The minimum Gasteiger partial charge on any atom is -0.324 e. The van der Waals surface area contributed by atoms with Crippen LogP contribution in [0.4, 0.5) is 10.1 Å². The normalized spacial score (nSPS) is 12.3. The van der Waals surface area contributed by atoms with Crippen molar-refractivity contribution in [2.24, 2.45) is 5.92 Å². The first-order valence-electron chi connectivity index (χ1n) is 7.99. The molecular formula is C19H18FN3O2. The minimum absolute atomic E-state index is 0.138. The number of aromatic nitrogens is 2. The molecule has 1 atom stereocenters. The van der Waals surface area contributed by atoms with Crippen molar-refractivity contribution in [2.75, 3.05) is 5.32 Å². The lowest BCUT2D eigenvalue weighted by molar-refractivity contribution is -0.120. The molecule has 0 saturated carbocycles. The number of benzene rings is 2. The van der Waals surface area contributed by atoms with Crippen molar-refractivity contribution in [1.82, 2.24) is 9.55 Å². The van der Waals surface area contributed by atoms with Gasteiger partial charge in [0.1, 0.15) is 11.9 Å². The van der Waals surface area contributed by atoms with Crippen LogP contribution < -0.4 is 10.9 Å². The monoisotopic (exact) mass is 339 g/mol. The highest BCUT2D eigenvalue weighted by atomic mass is 19.1. The standard InChI is InChI=1S/C19H18FN3O2/c1-12(2)17(18(24)22-14-9-7-13(20)8-10-14)23-11-21-16-6-4-3-5-15(16)19(23)25/h3-12,17H,1-2H3,(H,22,24). The lowest BCUT2D eigenvalue weighted by atomic mass is 10.0. The number of halogens is 1. The zero-order chi connectivity index (χ0) is 18.0. The summed E-state index contributed by atoms with van der Waals surface area (Å²) in [7, 11) is 0. The maximum Gasteiger partial charge on any atom is 0.261 e. The number of amides is 1. The number of nitrogens with one attached hydrogen (secondary N) is 1. The van der Waals surface area contributed by atoms with Gasteiger partial charge in [-0.25, -0.2) is 9.37 Å². The van der Waals surface area contributed by atoms with Crippen molar-refractivity contribution in [3.8, 4) is 0 Å². The van der Waals surface area contributed by atoms with E-state index in [1.165, 1.54) is 35.2 Å². The number of hydrogen-bond donors (Lipinski definition) is 1. The lowest BCUT2D eigenvalue weighted by Gasteiger charge is -2.22. The molecule has 25 heavy (non-hydrogen) atoms. The number of rotatable bonds is 4. The van der Waals surface area contributed by atoms with Gasteiger partial charge in [0.05, 0.1) is 17.2 Å². The predicted molar refractivity (Wildman–Crippen MR) is 94.9 cm³/mol. The third-order valence-electron chi connectivity index (χ3n) is 4.00. The number of hydrogen-bond acceptors (Lipinski definition) is 3. The van der Waals surface area contributed by atoms with Gasteiger partial charge >= 0.3 is 0 Å². The molecule has 1 N–H and O–H groups in total. The highest BCUT2D eigenvalue weighted by molar-refractivity contribution is 5.94. The van der Waals surface area contributed by atoms with Crippen LogP contribution >= 0.6 is 0 Å². The molecule has 2 aromatic carbocycles. The summed E-state index contributed by atoms with van der Waals surface area (Å²) < 4.78 is 14.4. The van der Waals surface area contributed by atoms with Crippen molar-refractivity contribution in [1.29, 1.82) is 0 Å². The van der Waals surface area contributed by atoms with Crippen molar-refractivity contribution in [3.05, 3.63) is 71.0 Å². The molecular weight excluding hydrogens is 321 g/mol. The number of carbonyl (C=O) groups excluding carboxylic acids is 1. The Hall–Kier alpha value is -3.02. The largest absolute Gasteiger partial charge is 0.324 e. The first-order valence-corrected chi connectivity index (χ1v) is 7.99. The molecule has 0 aliphatic heterocycles. The molecule has 0 fully saturated rings. The Morgan fingerprint density at radius 1 is 1.12 bits per heavy atom. The Balaban J connectivity index is 1.98. The summed E-state index contributed by atoms with van der Waals surface area (Å²) in [4.78, 5) is 29.8. The zero-order valence-corrected chi connectivity index (χ0v) is 13.9. The predicted octanol–water partition coefficient (Wildman–Crippen LogP) is 3.37. The highest BCUT2D eigenvalue weighted by Crippen LogP contribution is 2.20. The summed E-state index contributed by atoms with van der Waals surface area (Å²) in [5.74, 6) is -0.866. The van der Waals surface area contributed by atoms with Gasteiger partial charge in [0, 0.05) is 5.69 Å². The Labute approximate surface area is 144 Å². The molecule has 0 aliphatic carbocycles. The second kappa shape index (κ2) is 6.84. The Kier molecular flexibility index (Phi) is 4.61. The summed E-state index contributed by atoms with van der Waals surface area (Å²) in [6.07, 6.45) is 1.40. The Bertz CT molecular complexity index is 964. The van der Waals surface area contributed by atoms with Gasteiger partial charge in [-0.1, -0.05) is 26.0 Å². The molecule has 1 heterocycles. The van der Waals surface area contributed by atoms with Gasteiger partial charge in [-0.2, -0.15) is 0 Å². The molecule has 1 unspecified atom stereocenters. The number of para-hydroxylation sites is 1. The number of carbonyl (C=O) groups is 1. The molecule has 128 valence electrons. The first-order chi connectivity index (χ1) is 12.0. The molecule has 1 amide bonds. The SMILES string of the molecule is CC(C)C(C(=O)Nc1ccc(F)cc1)n1cnc2ccccc2c1=O. The van der Waals surface area contributed by atoms with Gasteiger partial charge in [0.25, 0.3) is 5.56 Å². The van der Waals surface area contributed by atoms with E-state index >= 15 is 0 Å². The molecule has 1 aromatic heterocycles. The molecule has 0 bridgehead atoms. The maximum absolute atomic E-state index is 13.0. The van der Waals surface area contributed by atoms with Crippen LogP contribution in [-0.4, -0.2) is 15.5 Å². The molecule has 5 nitrogen and oxygen atoms in total. The molecule has 0 aliphatic rings. The maximum atomic E-state index is 13.0. The van der Waals surface area contributed by atoms with Gasteiger partial charge in [-0.05, 0) is 42.3 Å². The van der Waals surface area contributed by atoms with Gasteiger partial charge in [-0.15, -0.1) is 0 Å². The Morgan fingerprint density at radius 3 is 2.48 bits per heavy atom. The van der Waals surface area contributed by atoms with Gasteiger partial charge in [0.2, 0.25) is 5.91 Å². The third kappa shape index (κ3) is 3.42. The fourth-order valence-electron chi connectivity index (χ4n) is 2.78. The molecule has 0 spiro atoms. The van der Waals surface area contributed by atoms with Gasteiger partial charge in [0.15, 0.2) is 0 Å². The molecule has 3 rings (SSSR count). The van der Waals surface area contributed by atoms with E-state index in [0.717, 1.165) is 0 Å². The van der Waals surface area contributed by atoms with E-state index in [2.05, 4.69) is 10.3 Å². The van der Waals surface area contributed by atoms with E-state index in [1.54, 1.807) is 24.3 Å². The summed E-state index contributed by atoms with van der Waals surface area (Å²) in [5.41, 5.74) is 0.794. The fraction of sp³-hybridized carbons (Fsp3) is 0.211. The van der Waals surface area contributed by atoms with Crippen LogP contribution in [0.3, 0.4) is 0 Å². The summed E-state index contributed by atoms with van der Waals surface area (Å²) in [6.45, 7) is 3.72. The summed E-state index contributed by atoms with van der Waals surface area (Å²) in [6, 6.07) is 11.8. The quantitative estimate of drug-likeness (QED) is 0.792. The van der Waals surface area contributed by atoms with E-state index in [0.29, 0.717) is 16.6 Å². The number of fused-ring (bicyclic) bond motifs is 1. The third-order valence-corrected chi connectivity index (χ3v) is 4.00. The van der Waals surface area contributed by atoms with Gasteiger partial charge < -0.3 is 5.32 Å².